The minimum absolute atomic E-state index is 0.0667. The Balaban J connectivity index is 1.92. The second kappa shape index (κ2) is 7.19. The summed E-state index contributed by atoms with van der Waals surface area (Å²) < 4.78 is 9.70. The van der Waals surface area contributed by atoms with Gasteiger partial charge in [0, 0.05) is 17.2 Å². The molecular weight excluding hydrogens is 381 g/mol. The summed E-state index contributed by atoms with van der Waals surface area (Å²) in [5, 5.41) is 10.3. The molecule has 1 amide bonds. The first-order valence-corrected chi connectivity index (χ1v) is 8.06. The molecule has 0 unspecified atom stereocenters. The molecule has 0 aliphatic carbocycles. The summed E-state index contributed by atoms with van der Waals surface area (Å²) in [7, 11) is 1.52. The molecule has 0 saturated carbocycles. The number of pyridine rings is 1. The van der Waals surface area contributed by atoms with Crippen LogP contribution in [0.4, 0.5) is 11.6 Å². The van der Waals surface area contributed by atoms with Gasteiger partial charge in [-0.3, -0.25) is 4.79 Å². The van der Waals surface area contributed by atoms with Crippen molar-refractivity contribution in [3.05, 3.63) is 45.7 Å². The maximum absolute atomic E-state index is 12.1. The minimum Gasteiger partial charge on any atom is -0.497 e. The number of ether oxygens (including phenoxy) is 1. The van der Waals surface area contributed by atoms with E-state index in [1.54, 1.807) is 31.2 Å². The Hall–Kier alpha value is -2.84. The Bertz CT molecular complexity index is 990. The van der Waals surface area contributed by atoms with Crippen LogP contribution >= 0.6 is 23.2 Å². The Morgan fingerprint density at radius 2 is 2.00 bits per heavy atom. The summed E-state index contributed by atoms with van der Waals surface area (Å²) in [5.74, 6) is 0.416. The van der Waals surface area contributed by atoms with Crippen molar-refractivity contribution < 1.29 is 14.2 Å². The van der Waals surface area contributed by atoms with Gasteiger partial charge in [-0.1, -0.05) is 28.4 Å². The zero-order chi connectivity index (χ0) is 18.8. The van der Waals surface area contributed by atoms with Crippen LogP contribution in [-0.4, -0.2) is 28.3 Å². The molecule has 3 rings (SSSR count). The average Bonchev–Trinajstić information content (AvgIpc) is 3.04. The maximum atomic E-state index is 12.1. The summed E-state index contributed by atoms with van der Waals surface area (Å²) >= 11 is 12.4. The van der Waals surface area contributed by atoms with Gasteiger partial charge in [0.2, 0.25) is 0 Å². The van der Waals surface area contributed by atoms with Crippen LogP contribution in [0.2, 0.25) is 10.0 Å². The second-order valence-electron chi connectivity index (χ2n) is 5.25. The maximum Gasteiger partial charge on any atom is 0.281 e. The molecule has 134 valence electrons. The smallest absolute Gasteiger partial charge is 0.281 e. The van der Waals surface area contributed by atoms with Crippen LogP contribution in [0, 0.1) is 6.92 Å². The number of amides is 1. The fraction of sp³-hybridized carbons (Fsp3) is 0.125. The number of benzene rings is 1. The first kappa shape index (κ1) is 18.0. The normalized spacial score (nSPS) is 10.6. The van der Waals surface area contributed by atoms with Crippen molar-refractivity contribution in [1.29, 1.82) is 0 Å². The van der Waals surface area contributed by atoms with E-state index in [2.05, 4.69) is 25.2 Å². The van der Waals surface area contributed by atoms with Gasteiger partial charge in [0.05, 0.1) is 17.2 Å². The lowest BCUT2D eigenvalue weighted by Crippen LogP contribution is -2.15. The zero-order valence-corrected chi connectivity index (χ0v) is 15.2. The van der Waals surface area contributed by atoms with Crippen molar-refractivity contribution in [2.24, 2.45) is 0 Å². The number of carbonyl (C=O) groups is 1. The van der Waals surface area contributed by atoms with E-state index in [9.17, 15) is 4.79 Å². The molecular formula is C16H13Cl2N5O3. The lowest BCUT2D eigenvalue weighted by molar-refractivity contribution is 0.101. The van der Waals surface area contributed by atoms with Crippen molar-refractivity contribution >= 4 is 40.7 Å². The van der Waals surface area contributed by atoms with E-state index < -0.39 is 5.91 Å². The highest BCUT2D eigenvalue weighted by molar-refractivity contribution is 6.44. The van der Waals surface area contributed by atoms with Crippen molar-refractivity contribution in [2.45, 2.75) is 6.92 Å². The number of hydrogen-bond acceptors (Lipinski definition) is 7. The molecule has 10 heteroatoms. The van der Waals surface area contributed by atoms with E-state index in [1.807, 2.05) is 0 Å². The SMILES string of the molecule is COc1cc(Cl)c(Cl)c(-c2ccc(NC(=O)c3nonc3C)nc2N)c1. The van der Waals surface area contributed by atoms with Crippen LogP contribution in [0.15, 0.2) is 28.9 Å². The van der Waals surface area contributed by atoms with Crippen molar-refractivity contribution in [3.8, 4) is 16.9 Å². The van der Waals surface area contributed by atoms with Crippen LogP contribution in [0.5, 0.6) is 5.75 Å². The molecule has 0 radical (unpaired) electrons. The molecule has 3 N–H and O–H groups in total. The number of carbonyl (C=O) groups excluding carboxylic acids is 1. The van der Waals surface area contributed by atoms with Crippen LogP contribution < -0.4 is 15.8 Å². The molecule has 0 aliphatic rings. The molecule has 0 bridgehead atoms. The second-order valence-corrected chi connectivity index (χ2v) is 6.04. The van der Waals surface area contributed by atoms with Crippen LogP contribution in [0.1, 0.15) is 16.2 Å². The lowest BCUT2D eigenvalue weighted by Gasteiger charge is -2.12. The molecule has 2 aromatic heterocycles. The third-order valence-corrected chi connectivity index (χ3v) is 4.36. The molecule has 0 spiro atoms. The Kier molecular flexibility index (Phi) is 4.97. The van der Waals surface area contributed by atoms with Gasteiger partial charge in [0.15, 0.2) is 5.69 Å². The number of anilines is 2. The number of aryl methyl sites for hydroxylation is 1. The predicted molar refractivity (Wildman–Crippen MR) is 97.6 cm³/mol. The number of nitrogen functional groups attached to an aromatic ring is 1. The average molecular weight is 394 g/mol. The van der Waals surface area contributed by atoms with Gasteiger partial charge in [-0.2, -0.15) is 0 Å². The number of hydrogen-bond donors (Lipinski definition) is 2. The number of rotatable bonds is 4. The molecule has 0 aliphatic heterocycles. The highest BCUT2D eigenvalue weighted by Crippen LogP contribution is 2.39. The number of nitrogens with zero attached hydrogens (tertiary/aromatic N) is 3. The van der Waals surface area contributed by atoms with Crippen LogP contribution in [0.25, 0.3) is 11.1 Å². The Labute approximate surface area is 158 Å². The third kappa shape index (κ3) is 3.42. The van der Waals surface area contributed by atoms with E-state index in [0.717, 1.165) is 0 Å². The topological polar surface area (TPSA) is 116 Å². The van der Waals surface area contributed by atoms with E-state index in [0.29, 0.717) is 32.6 Å². The summed E-state index contributed by atoms with van der Waals surface area (Å²) in [6.07, 6.45) is 0. The third-order valence-electron chi connectivity index (χ3n) is 3.56. The quantitative estimate of drug-likeness (QED) is 0.695. The molecule has 3 aromatic rings. The summed E-state index contributed by atoms with van der Waals surface area (Å²) in [4.78, 5) is 16.3. The van der Waals surface area contributed by atoms with Crippen LogP contribution in [0.3, 0.4) is 0 Å². The van der Waals surface area contributed by atoms with E-state index >= 15 is 0 Å². The van der Waals surface area contributed by atoms with E-state index in [1.165, 1.54) is 7.11 Å². The molecule has 0 saturated heterocycles. The molecule has 1 aromatic carbocycles. The lowest BCUT2D eigenvalue weighted by atomic mass is 10.1. The largest absolute Gasteiger partial charge is 0.497 e. The fourth-order valence-electron chi connectivity index (χ4n) is 2.26. The van der Waals surface area contributed by atoms with E-state index in [4.69, 9.17) is 33.7 Å². The van der Waals surface area contributed by atoms with Crippen LogP contribution in [-0.2, 0) is 0 Å². The highest BCUT2D eigenvalue weighted by atomic mass is 35.5. The van der Waals surface area contributed by atoms with Gasteiger partial charge in [-0.15, -0.1) is 0 Å². The van der Waals surface area contributed by atoms with Gasteiger partial charge in [0.25, 0.3) is 5.91 Å². The summed E-state index contributed by atoms with van der Waals surface area (Å²) in [6.45, 7) is 1.60. The standard InChI is InChI=1S/C16H13Cl2N5O3/c1-7-14(23-26-22-7)16(24)21-12-4-3-9(15(19)20-12)10-5-8(25-2)6-11(17)13(10)18/h3-6H,1-2H3,(H3,19,20,21,24). The number of halogens is 2. The predicted octanol–water partition coefficient (Wildman–Crippen LogP) is 3.59. The first-order chi connectivity index (χ1) is 12.4. The number of nitrogens with one attached hydrogen (secondary N) is 1. The summed E-state index contributed by atoms with van der Waals surface area (Å²) in [6, 6.07) is 6.54. The molecule has 2 heterocycles. The molecule has 0 fully saturated rings. The van der Waals surface area contributed by atoms with Crippen molar-refractivity contribution in [3.63, 3.8) is 0 Å². The van der Waals surface area contributed by atoms with Gasteiger partial charge in [-0.05, 0) is 30.3 Å². The van der Waals surface area contributed by atoms with Crippen molar-refractivity contribution in [1.82, 2.24) is 15.3 Å². The van der Waals surface area contributed by atoms with Gasteiger partial charge < -0.3 is 15.8 Å². The minimum atomic E-state index is -0.508. The van der Waals surface area contributed by atoms with Gasteiger partial charge in [-0.25, -0.2) is 9.61 Å². The number of aromatic nitrogens is 3. The monoisotopic (exact) mass is 393 g/mol. The first-order valence-electron chi connectivity index (χ1n) is 7.31. The molecule has 8 nitrogen and oxygen atoms in total. The number of nitrogens with two attached hydrogens (primary N) is 1. The zero-order valence-electron chi connectivity index (χ0n) is 13.7. The Morgan fingerprint density at radius 1 is 1.23 bits per heavy atom. The summed E-state index contributed by atoms with van der Waals surface area (Å²) in [5.41, 5.74) is 7.58. The number of methoxy groups -OCH3 is 1. The molecule has 26 heavy (non-hydrogen) atoms. The highest BCUT2D eigenvalue weighted by Gasteiger charge is 2.17. The van der Waals surface area contributed by atoms with Gasteiger partial charge >= 0.3 is 0 Å². The van der Waals surface area contributed by atoms with E-state index in [-0.39, 0.29) is 17.3 Å². The van der Waals surface area contributed by atoms with Gasteiger partial charge in [0.1, 0.15) is 23.1 Å². The Morgan fingerprint density at radius 3 is 2.62 bits per heavy atom. The fourth-order valence-corrected chi connectivity index (χ4v) is 2.68. The van der Waals surface area contributed by atoms with Crippen molar-refractivity contribution in [2.75, 3.05) is 18.2 Å². The molecule has 0 atom stereocenters.